The number of hydrogen-bond donors (Lipinski definition) is 0. The highest BCUT2D eigenvalue weighted by molar-refractivity contribution is 8.00. The summed E-state index contributed by atoms with van der Waals surface area (Å²) < 4.78 is 89.6. The highest BCUT2D eigenvalue weighted by atomic mass is 32.2. The Morgan fingerprint density at radius 3 is 1.52 bits per heavy atom. The highest BCUT2D eigenvalue weighted by Crippen LogP contribution is 2.52. The second-order valence-electron chi connectivity index (χ2n) is 21.6. The van der Waals surface area contributed by atoms with Gasteiger partial charge in [0.1, 0.15) is 22.3 Å². The van der Waals surface area contributed by atoms with E-state index in [0.717, 1.165) is 143 Å². The monoisotopic (exact) mass is 1090 g/mol. The summed E-state index contributed by atoms with van der Waals surface area (Å²) >= 11 is 1.61. The van der Waals surface area contributed by atoms with E-state index in [1.165, 1.54) is 0 Å². The quantitative estimate of drug-likeness (QED) is 0.149. The van der Waals surface area contributed by atoms with E-state index >= 15 is 0 Å². The molecule has 2 aliphatic rings. The Labute approximate surface area is 500 Å². The smallest absolute Gasteiger partial charge is 0.249 e. The van der Waals surface area contributed by atoms with Crippen molar-refractivity contribution in [3.63, 3.8) is 0 Å². The van der Waals surface area contributed by atoms with Gasteiger partial charge in [-0.3, -0.25) is 0 Å². The lowest BCUT2D eigenvalue weighted by Crippen LogP contribution is -2.60. The Morgan fingerprint density at radius 2 is 0.881 bits per heavy atom. The average molecular weight is 1100 g/mol. The van der Waals surface area contributed by atoms with Crippen molar-refractivity contribution < 1.29 is 19.8 Å². The molecule has 18 rings (SSSR count). The van der Waals surface area contributed by atoms with Crippen molar-refractivity contribution >= 4 is 118 Å². The van der Waals surface area contributed by atoms with Gasteiger partial charge in [-0.1, -0.05) is 248 Å². The minimum absolute atomic E-state index is 0.00694. The summed E-state index contributed by atoms with van der Waals surface area (Å²) in [6, 6.07) is 78.8. The number of anilines is 3. The van der Waals surface area contributed by atoms with Crippen LogP contribution in [-0.4, -0.2) is 11.3 Å². The van der Waals surface area contributed by atoms with Crippen LogP contribution in [-0.2, 0) is 0 Å². The molecular weight excluding hydrogens is 1040 g/mol. The largest absolute Gasteiger partial charge is 0.456 e. The van der Waals surface area contributed by atoms with Gasteiger partial charge in [0.05, 0.1) is 27.7 Å². The number of furan rings is 2. The predicted molar refractivity (Wildman–Crippen MR) is 352 cm³/mol. The first-order chi connectivity index (χ1) is 45.0. The summed E-state index contributed by atoms with van der Waals surface area (Å²) in [6.07, 6.45) is 0. The van der Waals surface area contributed by atoms with Gasteiger partial charge in [0.25, 0.3) is 0 Å². The third-order valence-electron chi connectivity index (χ3n) is 17.1. The minimum Gasteiger partial charge on any atom is -0.456 e. The summed E-state index contributed by atoms with van der Waals surface area (Å²) in [7, 11) is 0. The molecule has 0 radical (unpaired) electrons. The fraction of sp³-hybridized carbons (Fsp3) is 0. The van der Waals surface area contributed by atoms with Gasteiger partial charge in [0, 0.05) is 70.3 Å². The van der Waals surface area contributed by atoms with Crippen LogP contribution < -0.4 is 21.3 Å². The van der Waals surface area contributed by atoms with Crippen molar-refractivity contribution in [2.45, 2.75) is 9.79 Å². The summed E-state index contributed by atoms with van der Waals surface area (Å²) in [4.78, 5) is 4.21. The normalized spacial score (nSPS) is 14.0. The minimum atomic E-state index is -0.502. The molecule has 6 heteroatoms. The van der Waals surface area contributed by atoms with Crippen molar-refractivity contribution in [2.24, 2.45) is 0 Å². The molecule has 0 atom stereocenters. The van der Waals surface area contributed by atoms with Crippen LogP contribution in [0.3, 0.4) is 0 Å². The molecule has 5 heterocycles. The second-order valence-corrected chi connectivity index (χ2v) is 22.7. The third-order valence-corrected chi connectivity index (χ3v) is 18.3. The molecule has 390 valence electrons. The number of rotatable bonds is 7. The van der Waals surface area contributed by atoms with Crippen molar-refractivity contribution in [2.75, 3.05) is 4.90 Å². The van der Waals surface area contributed by atoms with E-state index in [0.29, 0.717) is 5.69 Å². The number of aromatic nitrogens is 1. The lowest BCUT2D eigenvalue weighted by molar-refractivity contribution is 0.668. The van der Waals surface area contributed by atoms with Crippen LogP contribution in [0, 0.1) is 0 Å². The molecule has 0 spiro atoms. The van der Waals surface area contributed by atoms with Crippen LogP contribution in [0.1, 0.15) is 11.0 Å². The maximum absolute atomic E-state index is 9.75. The zero-order valence-electron chi connectivity index (χ0n) is 52.7. The lowest BCUT2D eigenvalue weighted by atomic mass is 9.34. The molecule has 0 saturated heterocycles. The zero-order valence-corrected chi connectivity index (χ0v) is 45.5. The van der Waals surface area contributed by atoms with Crippen LogP contribution >= 0.6 is 11.8 Å². The Balaban J connectivity index is 0.995. The molecule has 0 N–H and O–H groups in total. The van der Waals surface area contributed by atoms with E-state index in [1.54, 1.807) is 16.3 Å². The Hall–Kier alpha value is -10.5. The Kier molecular flexibility index (Phi) is 8.76. The third kappa shape index (κ3) is 7.11. The summed E-state index contributed by atoms with van der Waals surface area (Å²) in [5, 5.41) is 3.96. The fourth-order valence-corrected chi connectivity index (χ4v) is 14.8. The van der Waals surface area contributed by atoms with Crippen molar-refractivity contribution in [1.82, 2.24) is 4.57 Å². The second kappa shape index (κ2) is 18.5. The molecule has 13 aromatic carbocycles. The molecule has 0 amide bonds. The van der Waals surface area contributed by atoms with Gasteiger partial charge in [0.2, 0.25) is 6.71 Å². The molecule has 0 saturated carbocycles. The molecule has 0 bridgehead atoms. The number of fused-ring (bicyclic) bond motifs is 14. The number of hydrogen-bond acceptors (Lipinski definition) is 4. The maximum Gasteiger partial charge on any atom is 0.249 e. The first kappa shape index (κ1) is 39.8. The summed E-state index contributed by atoms with van der Waals surface area (Å²) in [6.45, 7) is -0.423. The number of benzene rings is 13. The van der Waals surface area contributed by atoms with E-state index in [9.17, 15) is 8.22 Å². The topological polar surface area (TPSA) is 34.5 Å². The van der Waals surface area contributed by atoms with Crippen LogP contribution in [0.5, 0.6) is 0 Å². The van der Waals surface area contributed by atoms with E-state index in [2.05, 4.69) is 157 Å². The Bertz CT molecular complexity index is 5670. The first-order valence-corrected chi connectivity index (χ1v) is 28.9. The first-order valence-electron chi connectivity index (χ1n) is 32.1. The molecule has 0 fully saturated rings. The fourth-order valence-electron chi connectivity index (χ4n) is 13.4. The van der Waals surface area contributed by atoms with Crippen LogP contribution in [0.15, 0.2) is 304 Å². The van der Waals surface area contributed by atoms with Crippen LogP contribution in [0.25, 0.3) is 127 Å². The van der Waals surface area contributed by atoms with E-state index in [4.69, 9.17) is 11.6 Å². The van der Waals surface area contributed by atoms with E-state index in [1.807, 2.05) is 84.9 Å². The van der Waals surface area contributed by atoms with Crippen LogP contribution in [0.2, 0.25) is 0 Å². The van der Waals surface area contributed by atoms with Gasteiger partial charge < -0.3 is 18.3 Å². The average Bonchev–Trinajstić information content (AvgIpc) is 1.49. The maximum atomic E-state index is 9.75. The highest BCUT2D eigenvalue weighted by Gasteiger charge is 2.44. The van der Waals surface area contributed by atoms with Gasteiger partial charge in [-0.05, 0) is 110 Å². The number of nitrogens with zero attached hydrogens (tertiary/aromatic N) is 2. The van der Waals surface area contributed by atoms with E-state index < -0.39 is 43.0 Å². The van der Waals surface area contributed by atoms with Gasteiger partial charge in [-0.25, -0.2) is 0 Å². The lowest BCUT2D eigenvalue weighted by Gasteiger charge is -2.42. The van der Waals surface area contributed by atoms with Crippen molar-refractivity contribution in [1.29, 1.82) is 0 Å². The predicted octanol–water partition coefficient (Wildman–Crippen LogP) is 19.7. The molecule has 84 heavy (non-hydrogen) atoms. The molecule has 2 aliphatic heterocycles. The van der Waals surface area contributed by atoms with Gasteiger partial charge in [0.15, 0.2) is 0 Å². The standard InChI is InChI=1S/C78H47BN2O2S/c1-3-17-48(18-4-1)50-33-37-52(38-34-50)57-26-15-27-58(53-39-35-51(36-40-53)49-19-5-2-6-20-49)77(57)81-67-43-41-54(56-25-16-32-71-74(56)61-23-9-13-30-69(61)82-71)45-64(67)79-63-42-44-72-75(62-24-10-14-31-70(62)83-72)78(63)84-73-47-55(46-68(81)76(73)79)80-65-28-11-7-21-59(65)60-22-8-12-29-66(60)80/h1-47H/i7D,8D,11D,12D,21D,22D,28D,29D. The van der Waals surface area contributed by atoms with Crippen molar-refractivity contribution in [3.05, 3.63) is 285 Å². The van der Waals surface area contributed by atoms with E-state index in [-0.39, 0.29) is 33.9 Å². The SMILES string of the molecule is [2H]c1c([2H])c([2H])c2c(c1[2H])c1c([2H])c([2H])c([2H])c([2H])c1n2-c1cc2c3c(c1)N(c1c(-c4ccc(-c5ccccc5)cc4)cccc1-c1ccc(-c4ccccc4)cc1)c1ccc(-c4cccc5oc6ccccc6c45)cc1B3c1ccc3oc4ccccc4c3c1S2. The summed E-state index contributed by atoms with van der Waals surface area (Å²) in [5.74, 6) is 0. The molecule has 16 aromatic rings. The number of para-hydroxylation sites is 5. The van der Waals surface area contributed by atoms with Gasteiger partial charge in [-0.15, -0.1) is 0 Å². The van der Waals surface area contributed by atoms with Gasteiger partial charge in [-0.2, -0.15) is 0 Å². The van der Waals surface area contributed by atoms with Crippen LogP contribution in [0.4, 0.5) is 17.1 Å². The molecule has 0 unspecified atom stereocenters. The molecule has 0 aliphatic carbocycles. The molecule has 4 nitrogen and oxygen atoms in total. The van der Waals surface area contributed by atoms with Crippen molar-refractivity contribution in [3.8, 4) is 61.3 Å². The Morgan fingerprint density at radius 1 is 0.369 bits per heavy atom. The molecule has 3 aromatic heterocycles. The summed E-state index contributed by atoms with van der Waals surface area (Å²) in [5.41, 5.74) is 19.4. The molecular formula is C78H47BN2O2S. The zero-order chi connectivity index (χ0) is 61.9. The van der Waals surface area contributed by atoms with Gasteiger partial charge >= 0.3 is 0 Å².